The molecule has 120 valence electrons. The largest absolute Gasteiger partial charge is 0.381 e. The lowest BCUT2D eigenvalue weighted by Gasteiger charge is -2.13. The van der Waals surface area contributed by atoms with E-state index in [0.29, 0.717) is 5.92 Å². The van der Waals surface area contributed by atoms with Crippen molar-refractivity contribution in [3.05, 3.63) is 22.8 Å². The maximum atomic E-state index is 5.29. The predicted octanol–water partition coefficient (Wildman–Crippen LogP) is 2.85. The Kier molecular flexibility index (Phi) is 7.83. The molecule has 0 saturated carbocycles. The molecule has 1 N–H and O–H groups in total. The van der Waals surface area contributed by atoms with Crippen molar-refractivity contribution in [2.24, 2.45) is 5.92 Å². The molecular weight excluding hydrogens is 262 g/mol. The van der Waals surface area contributed by atoms with Crippen LogP contribution in [-0.2, 0) is 17.6 Å². The maximum Gasteiger partial charge on any atom is 0.131 e. The van der Waals surface area contributed by atoms with Gasteiger partial charge in [-0.1, -0.05) is 13.8 Å². The van der Waals surface area contributed by atoms with Gasteiger partial charge < -0.3 is 10.1 Å². The minimum atomic E-state index is 0.162. The smallest absolute Gasteiger partial charge is 0.131 e. The minimum Gasteiger partial charge on any atom is -0.381 e. The summed E-state index contributed by atoms with van der Waals surface area (Å²) in [6.45, 7) is 12.8. The van der Waals surface area contributed by atoms with Gasteiger partial charge in [0.05, 0.1) is 6.10 Å². The Morgan fingerprint density at radius 2 is 1.71 bits per heavy atom. The van der Waals surface area contributed by atoms with Gasteiger partial charge in [0.25, 0.3) is 0 Å². The molecule has 0 amide bonds. The maximum absolute atomic E-state index is 5.29. The highest BCUT2D eigenvalue weighted by atomic mass is 16.5. The fourth-order valence-electron chi connectivity index (χ4n) is 2.38. The zero-order chi connectivity index (χ0) is 15.8. The predicted molar refractivity (Wildman–Crippen MR) is 87.7 cm³/mol. The van der Waals surface area contributed by atoms with E-state index >= 15 is 0 Å². The number of rotatable bonds is 9. The van der Waals surface area contributed by atoms with Crippen molar-refractivity contribution in [3.8, 4) is 0 Å². The quantitative estimate of drug-likeness (QED) is 0.711. The van der Waals surface area contributed by atoms with Crippen LogP contribution >= 0.6 is 0 Å². The average Bonchev–Trinajstić information content (AvgIpc) is 2.40. The Morgan fingerprint density at radius 3 is 2.24 bits per heavy atom. The van der Waals surface area contributed by atoms with E-state index in [9.17, 15) is 0 Å². The Bertz CT molecular complexity index is 409. The number of methoxy groups -OCH3 is 1. The minimum absolute atomic E-state index is 0.162. The van der Waals surface area contributed by atoms with Crippen molar-refractivity contribution in [1.82, 2.24) is 15.3 Å². The van der Waals surface area contributed by atoms with Crippen molar-refractivity contribution >= 4 is 0 Å². The van der Waals surface area contributed by atoms with E-state index in [1.54, 1.807) is 7.11 Å². The zero-order valence-electron chi connectivity index (χ0n) is 14.5. The summed E-state index contributed by atoms with van der Waals surface area (Å²) >= 11 is 0. The number of aromatic nitrogens is 2. The molecule has 0 aliphatic rings. The third kappa shape index (κ3) is 6.53. The summed E-state index contributed by atoms with van der Waals surface area (Å²) in [6.07, 6.45) is 3.11. The number of hydrogen-bond acceptors (Lipinski definition) is 4. The molecule has 0 saturated heterocycles. The first-order valence-corrected chi connectivity index (χ1v) is 8.00. The molecule has 1 rings (SSSR count). The second-order valence-electron chi connectivity index (χ2n) is 6.24. The van der Waals surface area contributed by atoms with Crippen molar-refractivity contribution in [1.29, 1.82) is 0 Å². The molecule has 1 aromatic heterocycles. The van der Waals surface area contributed by atoms with Crippen LogP contribution in [0.3, 0.4) is 0 Å². The summed E-state index contributed by atoms with van der Waals surface area (Å²) in [5.74, 6) is 1.60. The molecule has 0 aliphatic carbocycles. The fraction of sp³-hybridized carbons (Fsp3) is 0.765. The van der Waals surface area contributed by atoms with Gasteiger partial charge in [-0.2, -0.15) is 0 Å². The molecule has 4 heteroatoms. The van der Waals surface area contributed by atoms with Crippen LogP contribution in [0.5, 0.6) is 0 Å². The van der Waals surface area contributed by atoms with E-state index in [-0.39, 0.29) is 6.10 Å². The van der Waals surface area contributed by atoms with Crippen LogP contribution in [0, 0.1) is 19.8 Å². The summed E-state index contributed by atoms with van der Waals surface area (Å²) in [6, 6.07) is 0. The van der Waals surface area contributed by atoms with Gasteiger partial charge in [-0.3, -0.25) is 0 Å². The molecule has 0 spiro atoms. The van der Waals surface area contributed by atoms with Crippen molar-refractivity contribution in [3.63, 3.8) is 0 Å². The van der Waals surface area contributed by atoms with Crippen molar-refractivity contribution < 1.29 is 4.74 Å². The lowest BCUT2D eigenvalue weighted by atomic mass is 10.1. The molecular formula is C17H31N3O. The lowest BCUT2D eigenvalue weighted by molar-refractivity contribution is 0.117. The fourth-order valence-corrected chi connectivity index (χ4v) is 2.38. The normalized spacial score (nSPS) is 12.9. The van der Waals surface area contributed by atoms with Crippen LogP contribution in [0.1, 0.15) is 50.0 Å². The first-order chi connectivity index (χ1) is 9.93. The van der Waals surface area contributed by atoms with Crippen molar-refractivity contribution in [2.75, 3.05) is 20.2 Å². The molecule has 0 fully saturated rings. The number of aryl methyl sites for hydroxylation is 2. The van der Waals surface area contributed by atoms with Crippen molar-refractivity contribution in [2.45, 2.75) is 60.0 Å². The van der Waals surface area contributed by atoms with Gasteiger partial charge in [-0.05, 0) is 58.2 Å². The van der Waals surface area contributed by atoms with Crippen LogP contribution < -0.4 is 5.32 Å². The van der Waals surface area contributed by atoms with Gasteiger partial charge in [0.1, 0.15) is 5.82 Å². The molecule has 4 nitrogen and oxygen atoms in total. The summed E-state index contributed by atoms with van der Waals surface area (Å²) in [4.78, 5) is 9.28. The summed E-state index contributed by atoms with van der Waals surface area (Å²) in [7, 11) is 1.73. The third-order valence-electron chi connectivity index (χ3n) is 3.67. The average molecular weight is 293 g/mol. The van der Waals surface area contributed by atoms with E-state index in [1.165, 1.54) is 5.56 Å². The summed E-state index contributed by atoms with van der Waals surface area (Å²) < 4.78 is 5.29. The second-order valence-corrected chi connectivity index (χ2v) is 6.24. The zero-order valence-corrected chi connectivity index (χ0v) is 14.5. The molecule has 0 aromatic carbocycles. The van der Waals surface area contributed by atoms with Crippen LogP contribution in [0.25, 0.3) is 0 Å². The Hall–Kier alpha value is -1.00. The number of nitrogens with one attached hydrogen (secondary N) is 1. The van der Waals surface area contributed by atoms with Gasteiger partial charge in [0.2, 0.25) is 0 Å². The molecule has 1 atom stereocenters. The van der Waals surface area contributed by atoms with Crippen LogP contribution in [-0.4, -0.2) is 36.3 Å². The Labute approximate surface area is 129 Å². The Balaban J connectivity index is 2.55. The van der Waals surface area contributed by atoms with Gasteiger partial charge >= 0.3 is 0 Å². The van der Waals surface area contributed by atoms with Gasteiger partial charge in [0.15, 0.2) is 0 Å². The molecule has 1 heterocycles. The number of hydrogen-bond donors (Lipinski definition) is 1. The van der Waals surface area contributed by atoms with E-state index in [2.05, 4.69) is 43.0 Å². The molecule has 0 aliphatic heterocycles. The topological polar surface area (TPSA) is 47.0 Å². The van der Waals surface area contributed by atoms with Crippen LogP contribution in [0.4, 0.5) is 0 Å². The van der Waals surface area contributed by atoms with E-state index in [4.69, 9.17) is 4.74 Å². The number of ether oxygens (including phenoxy) is 1. The SMILES string of the molecule is COC(C)Cc1nc(C)c(CCCNCC(C)C)c(C)n1. The standard InChI is InChI=1S/C17H31N3O/c1-12(2)11-18-9-7-8-16-14(4)19-17(20-15(16)5)10-13(3)21-6/h12-13,18H,7-11H2,1-6H3. The van der Waals surface area contributed by atoms with Crippen LogP contribution in [0.2, 0.25) is 0 Å². The second kappa shape index (κ2) is 9.11. The molecule has 21 heavy (non-hydrogen) atoms. The third-order valence-corrected chi connectivity index (χ3v) is 3.67. The first kappa shape index (κ1) is 18.1. The molecule has 1 unspecified atom stereocenters. The van der Waals surface area contributed by atoms with E-state index < -0.39 is 0 Å². The monoisotopic (exact) mass is 293 g/mol. The molecule has 0 radical (unpaired) electrons. The first-order valence-electron chi connectivity index (χ1n) is 8.00. The highest BCUT2D eigenvalue weighted by Gasteiger charge is 2.10. The van der Waals surface area contributed by atoms with Gasteiger partial charge in [-0.15, -0.1) is 0 Å². The van der Waals surface area contributed by atoms with Crippen LogP contribution in [0.15, 0.2) is 0 Å². The van der Waals surface area contributed by atoms with Gasteiger partial charge in [-0.25, -0.2) is 9.97 Å². The molecule has 1 aromatic rings. The highest BCUT2D eigenvalue weighted by Crippen LogP contribution is 2.13. The lowest BCUT2D eigenvalue weighted by Crippen LogP contribution is -2.21. The van der Waals surface area contributed by atoms with Gasteiger partial charge in [0, 0.05) is 24.9 Å². The number of nitrogens with zero attached hydrogens (tertiary/aromatic N) is 2. The molecule has 0 bridgehead atoms. The Morgan fingerprint density at radius 1 is 1.10 bits per heavy atom. The summed E-state index contributed by atoms with van der Waals surface area (Å²) in [5, 5.41) is 3.48. The summed E-state index contributed by atoms with van der Waals surface area (Å²) in [5.41, 5.74) is 3.53. The highest BCUT2D eigenvalue weighted by molar-refractivity contribution is 5.24. The van der Waals surface area contributed by atoms with E-state index in [1.807, 2.05) is 6.92 Å². The van der Waals surface area contributed by atoms with E-state index in [0.717, 1.165) is 49.6 Å².